The van der Waals surface area contributed by atoms with E-state index in [4.69, 9.17) is 5.10 Å². The van der Waals surface area contributed by atoms with Crippen LogP contribution in [0.3, 0.4) is 0 Å². The Balaban J connectivity index is 1.46. The molecule has 1 N–H and O–H groups in total. The van der Waals surface area contributed by atoms with E-state index in [9.17, 15) is 10.1 Å². The highest BCUT2D eigenvalue weighted by Crippen LogP contribution is 2.37. The predicted molar refractivity (Wildman–Crippen MR) is 116 cm³/mol. The van der Waals surface area contributed by atoms with Crippen molar-refractivity contribution in [2.24, 2.45) is 0 Å². The summed E-state index contributed by atoms with van der Waals surface area (Å²) < 4.78 is 1.76. The molecule has 154 valence electrons. The molecule has 1 atom stereocenters. The number of hydrogen-bond acceptors (Lipinski definition) is 5. The topological polar surface area (TPSA) is 76.2 Å². The number of anilines is 1. The number of rotatable bonds is 5. The first-order chi connectivity index (χ1) is 14.7. The van der Waals surface area contributed by atoms with Crippen molar-refractivity contribution in [1.29, 1.82) is 0 Å². The zero-order chi connectivity index (χ0) is 20.5. The molecule has 3 heterocycles. The summed E-state index contributed by atoms with van der Waals surface area (Å²) >= 11 is 0. The van der Waals surface area contributed by atoms with Crippen molar-refractivity contribution in [2.75, 3.05) is 25.0 Å². The van der Waals surface area contributed by atoms with Crippen LogP contribution in [0.5, 0.6) is 0 Å². The molecule has 2 aromatic carbocycles. The van der Waals surface area contributed by atoms with Crippen LogP contribution < -0.4 is 5.32 Å². The van der Waals surface area contributed by atoms with Crippen molar-refractivity contribution < 1.29 is 4.92 Å². The van der Waals surface area contributed by atoms with Gasteiger partial charge in [-0.2, -0.15) is 5.10 Å². The first-order valence-corrected chi connectivity index (χ1v) is 10.6. The van der Waals surface area contributed by atoms with Crippen molar-refractivity contribution in [3.8, 4) is 5.69 Å². The van der Waals surface area contributed by atoms with Crippen LogP contribution in [0.2, 0.25) is 0 Å². The molecule has 30 heavy (non-hydrogen) atoms. The number of likely N-dealkylation sites (tertiary alicyclic amines) is 1. The van der Waals surface area contributed by atoms with E-state index < -0.39 is 0 Å². The molecule has 7 nitrogen and oxygen atoms in total. The maximum atomic E-state index is 11.6. The van der Waals surface area contributed by atoms with E-state index in [1.165, 1.54) is 11.1 Å². The number of fused-ring (bicyclic) bond motifs is 1. The van der Waals surface area contributed by atoms with Crippen LogP contribution in [0.25, 0.3) is 5.69 Å². The van der Waals surface area contributed by atoms with Crippen molar-refractivity contribution in [2.45, 2.75) is 31.7 Å². The van der Waals surface area contributed by atoms with E-state index >= 15 is 0 Å². The second-order valence-corrected chi connectivity index (χ2v) is 8.11. The quantitative estimate of drug-likeness (QED) is 0.512. The smallest absolute Gasteiger partial charge is 0.294 e. The Morgan fingerprint density at radius 1 is 1.13 bits per heavy atom. The van der Waals surface area contributed by atoms with E-state index in [-0.39, 0.29) is 10.6 Å². The van der Waals surface area contributed by atoms with Gasteiger partial charge in [0.15, 0.2) is 0 Å². The molecule has 0 saturated carbocycles. The van der Waals surface area contributed by atoms with Crippen LogP contribution >= 0.6 is 0 Å². The molecule has 1 unspecified atom stereocenters. The summed E-state index contributed by atoms with van der Waals surface area (Å²) in [5.41, 5.74) is 4.26. The number of nitrogens with zero attached hydrogens (tertiary/aromatic N) is 4. The largest absolute Gasteiger partial charge is 0.369 e. The Hall–Kier alpha value is -3.19. The summed E-state index contributed by atoms with van der Waals surface area (Å²) in [6.45, 7) is 3.86. The Morgan fingerprint density at radius 3 is 2.77 bits per heavy atom. The minimum absolute atomic E-state index is 0.0809. The van der Waals surface area contributed by atoms with Gasteiger partial charge in [-0.1, -0.05) is 42.5 Å². The number of nitro benzene ring substituents is 1. The average Bonchev–Trinajstić information content (AvgIpc) is 3.37. The maximum absolute atomic E-state index is 11.6. The zero-order valence-electron chi connectivity index (χ0n) is 16.8. The second kappa shape index (κ2) is 7.91. The van der Waals surface area contributed by atoms with Crippen LogP contribution in [0.1, 0.15) is 35.6 Å². The highest BCUT2D eigenvalue weighted by molar-refractivity contribution is 5.62. The lowest BCUT2D eigenvalue weighted by Crippen LogP contribution is -2.34. The molecule has 2 aliphatic rings. The molecule has 5 rings (SSSR count). The molecular weight excluding hydrogens is 378 g/mol. The Kier molecular flexibility index (Phi) is 4.96. The molecule has 3 aromatic rings. The number of nitro groups is 1. The fourth-order valence-electron chi connectivity index (χ4n) is 4.77. The number of nitrogens with one attached hydrogen (secondary N) is 1. The van der Waals surface area contributed by atoms with Crippen molar-refractivity contribution in [3.05, 3.63) is 81.5 Å². The molecule has 1 aromatic heterocycles. The Morgan fingerprint density at radius 2 is 1.93 bits per heavy atom. The minimum atomic E-state index is -0.333. The van der Waals surface area contributed by atoms with E-state index in [2.05, 4.69) is 34.5 Å². The number of para-hydroxylation sites is 2. The molecule has 1 saturated heterocycles. The van der Waals surface area contributed by atoms with Gasteiger partial charge in [-0.15, -0.1) is 0 Å². The lowest BCUT2D eigenvalue weighted by atomic mass is 9.91. The van der Waals surface area contributed by atoms with Gasteiger partial charge in [-0.25, -0.2) is 4.68 Å². The maximum Gasteiger partial charge on any atom is 0.294 e. The van der Waals surface area contributed by atoms with Gasteiger partial charge < -0.3 is 5.32 Å². The highest BCUT2D eigenvalue weighted by atomic mass is 16.6. The summed E-state index contributed by atoms with van der Waals surface area (Å²) in [6, 6.07) is 17.4. The average molecular weight is 403 g/mol. The number of hydrogen-bond donors (Lipinski definition) is 1. The van der Waals surface area contributed by atoms with Crippen molar-refractivity contribution >= 4 is 11.5 Å². The van der Waals surface area contributed by atoms with Crippen LogP contribution in [0.4, 0.5) is 11.5 Å². The monoisotopic (exact) mass is 403 g/mol. The van der Waals surface area contributed by atoms with Gasteiger partial charge in [0.2, 0.25) is 0 Å². The van der Waals surface area contributed by atoms with Gasteiger partial charge >= 0.3 is 0 Å². The number of aromatic nitrogens is 2. The van der Waals surface area contributed by atoms with Gasteiger partial charge in [-0.05, 0) is 37.4 Å². The second-order valence-electron chi connectivity index (χ2n) is 8.11. The summed E-state index contributed by atoms with van der Waals surface area (Å²) in [7, 11) is 0. The molecule has 2 aliphatic heterocycles. The molecule has 0 spiro atoms. The third-order valence-corrected chi connectivity index (χ3v) is 6.13. The molecule has 0 aliphatic carbocycles. The van der Waals surface area contributed by atoms with Crippen LogP contribution in [-0.2, 0) is 13.0 Å². The molecule has 7 heteroatoms. The van der Waals surface area contributed by atoms with E-state index in [1.807, 2.05) is 12.1 Å². The van der Waals surface area contributed by atoms with Crippen LogP contribution in [-0.4, -0.2) is 39.2 Å². The lowest BCUT2D eigenvalue weighted by Gasteiger charge is -2.32. The van der Waals surface area contributed by atoms with Crippen molar-refractivity contribution in [3.63, 3.8) is 0 Å². The SMILES string of the molecule is O=[N+]([O-])c1ccccc1-n1nc(C2CCCN(Cc3ccccc3)C2)c2c1NCC2. The minimum Gasteiger partial charge on any atom is -0.369 e. The summed E-state index contributed by atoms with van der Waals surface area (Å²) in [4.78, 5) is 13.7. The normalized spacial score (nSPS) is 18.7. The van der Waals surface area contributed by atoms with E-state index in [0.29, 0.717) is 11.6 Å². The van der Waals surface area contributed by atoms with Crippen molar-refractivity contribution in [1.82, 2.24) is 14.7 Å². The first-order valence-electron chi connectivity index (χ1n) is 10.6. The predicted octanol–water partition coefficient (Wildman–Crippen LogP) is 4.13. The summed E-state index contributed by atoms with van der Waals surface area (Å²) in [6.07, 6.45) is 3.16. The Bertz CT molecular complexity index is 1060. The highest BCUT2D eigenvalue weighted by Gasteiger charge is 2.32. The first kappa shape index (κ1) is 18.8. The number of piperidine rings is 1. The fourth-order valence-corrected chi connectivity index (χ4v) is 4.77. The van der Waals surface area contributed by atoms with Gasteiger partial charge in [-0.3, -0.25) is 15.0 Å². The fraction of sp³-hybridized carbons (Fsp3) is 0.348. The lowest BCUT2D eigenvalue weighted by molar-refractivity contribution is -0.384. The van der Waals surface area contributed by atoms with Gasteiger partial charge in [0.25, 0.3) is 5.69 Å². The zero-order valence-corrected chi connectivity index (χ0v) is 16.8. The molecule has 0 radical (unpaired) electrons. The third kappa shape index (κ3) is 3.45. The van der Waals surface area contributed by atoms with Gasteiger partial charge in [0, 0.05) is 37.2 Å². The molecule has 0 amide bonds. The van der Waals surface area contributed by atoms with Crippen LogP contribution in [0.15, 0.2) is 54.6 Å². The molecule has 0 bridgehead atoms. The molecule has 1 fully saturated rings. The summed E-state index contributed by atoms with van der Waals surface area (Å²) in [5, 5.41) is 19.9. The Labute approximate surface area is 175 Å². The van der Waals surface area contributed by atoms with Gasteiger partial charge in [0.1, 0.15) is 11.5 Å². The summed E-state index contributed by atoms with van der Waals surface area (Å²) in [5.74, 6) is 1.26. The van der Waals surface area contributed by atoms with E-state index in [1.54, 1.807) is 22.9 Å². The standard InChI is InChI=1S/C23H25N5O2/c29-28(30)21-11-5-4-10-20(21)27-23-19(12-13-24-23)22(25-27)18-9-6-14-26(16-18)15-17-7-2-1-3-8-17/h1-5,7-8,10-11,18,24H,6,9,12-16H2. The van der Waals surface area contributed by atoms with E-state index in [0.717, 1.165) is 57.0 Å². The van der Waals surface area contributed by atoms with Crippen LogP contribution in [0, 0.1) is 10.1 Å². The number of benzene rings is 2. The van der Waals surface area contributed by atoms with Gasteiger partial charge in [0.05, 0.1) is 10.6 Å². The third-order valence-electron chi connectivity index (χ3n) is 6.13. The molecular formula is C23H25N5O2.